The third-order valence-electron chi connectivity index (χ3n) is 6.30. The number of hydrogen-bond acceptors (Lipinski definition) is 6. The summed E-state index contributed by atoms with van der Waals surface area (Å²) >= 11 is 0. The lowest BCUT2D eigenvalue weighted by Crippen LogP contribution is -2.12. The average molecular weight is 511 g/mol. The van der Waals surface area contributed by atoms with E-state index in [1.807, 2.05) is 13.8 Å². The lowest BCUT2D eigenvalue weighted by Gasteiger charge is -2.10. The molecular formula is C31H42O6. The standard InChI is InChI=1S/C31H42O6/c1-4-6-7-8-9-10-11-12-13-14-29(32)36-27-19-17-26(18-20-27)31(34)37-28-21-15-25(16-22-28)30(33)35-23-24(3)5-2/h15-22,24H,4-14,23H2,1-3H3. The Kier molecular flexibility index (Phi) is 14.1. The van der Waals surface area contributed by atoms with E-state index >= 15 is 0 Å². The number of esters is 3. The van der Waals surface area contributed by atoms with Crippen LogP contribution in [0, 0.1) is 5.92 Å². The van der Waals surface area contributed by atoms with Crippen molar-refractivity contribution in [2.75, 3.05) is 6.61 Å². The Morgan fingerprint density at radius 3 is 1.68 bits per heavy atom. The van der Waals surface area contributed by atoms with Gasteiger partial charge in [-0.05, 0) is 60.9 Å². The summed E-state index contributed by atoms with van der Waals surface area (Å²) in [4.78, 5) is 36.7. The molecule has 6 nitrogen and oxygen atoms in total. The van der Waals surface area contributed by atoms with Gasteiger partial charge in [-0.2, -0.15) is 0 Å². The Morgan fingerprint density at radius 1 is 0.649 bits per heavy atom. The topological polar surface area (TPSA) is 78.9 Å². The maximum atomic E-state index is 12.5. The Morgan fingerprint density at radius 2 is 1.14 bits per heavy atom. The van der Waals surface area contributed by atoms with Crippen molar-refractivity contribution in [2.45, 2.75) is 91.4 Å². The van der Waals surface area contributed by atoms with Crippen molar-refractivity contribution in [3.63, 3.8) is 0 Å². The summed E-state index contributed by atoms with van der Waals surface area (Å²) in [6.45, 7) is 6.66. The monoisotopic (exact) mass is 510 g/mol. The SMILES string of the molecule is CCCCCCCCCCCC(=O)Oc1ccc(C(=O)Oc2ccc(C(=O)OCC(C)CC)cc2)cc1. The Labute approximate surface area is 221 Å². The van der Waals surface area contributed by atoms with Crippen LogP contribution in [0.1, 0.15) is 112 Å². The van der Waals surface area contributed by atoms with Crippen molar-refractivity contribution in [1.82, 2.24) is 0 Å². The molecule has 0 spiro atoms. The van der Waals surface area contributed by atoms with E-state index in [2.05, 4.69) is 6.92 Å². The predicted molar refractivity (Wildman–Crippen MR) is 145 cm³/mol. The third kappa shape index (κ3) is 12.1. The normalized spacial score (nSPS) is 11.5. The minimum atomic E-state index is -0.542. The lowest BCUT2D eigenvalue weighted by molar-refractivity contribution is -0.134. The van der Waals surface area contributed by atoms with Gasteiger partial charge < -0.3 is 14.2 Å². The molecule has 0 radical (unpaired) electrons. The summed E-state index contributed by atoms with van der Waals surface area (Å²) in [7, 11) is 0. The largest absolute Gasteiger partial charge is 0.462 e. The summed E-state index contributed by atoms with van der Waals surface area (Å²) in [6, 6.07) is 12.5. The van der Waals surface area contributed by atoms with E-state index in [0.29, 0.717) is 41.6 Å². The first-order valence-electron chi connectivity index (χ1n) is 13.7. The van der Waals surface area contributed by atoms with Crippen LogP contribution in [-0.2, 0) is 9.53 Å². The highest BCUT2D eigenvalue weighted by Crippen LogP contribution is 2.18. The fourth-order valence-electron chi connectivity index (χ4n) is 3.67. The molecule has 2 rings (SSSR count). The van der Waals surface area contributed by atoms with Gasteiger partial charge in [0.15, 0.2) is 0 Å². The highest BCUT2D eigenvalue weighted by atomic mass is 16.5. The molecule has 0 aliphatic heterocycles. The Hall–Kier alpha value is -3.15. The van der Waals surface area contributed by atoms with E-state index < -0.39 is 11.9 Å². The lowest BCUT2D eigenvalue weighted by atomic mass is 10.1. The molecule has 6 heteroatoms. The molecule has 0 saturated carbocycles. The molecule has 0 heterocycles. The number of carbonyl (C=O) groups is 3. The van der Waals surface area contributed by atoms with Crippen LogP contribution in [0.15, 0.2) is 48.5 Å². The van der Waals surface area contributed by atoms with Crippen LogP contribution in [0.25, 0.3) is 0 Å². The molecule has 1 unspecified atom stereocenters. The van der Waals surface area contributed by atoms with Gasteiger partial charge in [0.25, 0.3) is 0 Å². The molecule has 0 aliphatic rings. The van der Waals surface area contributed by atoms with Crippen molar-refractivity contribution < 1.29 is 28.6 Å². The number of carbonyl (C=O) groups excluding carboxylic acids is 3. The van der Waals surface area contributed by atoms with Crippen LogP contribution < -0.4 is 9.47 Å². The first-order chi connectivity index (χ1) is 17.9. The zero-order chi connectivity index (χ0) is 26.9. The second-order valence-electron chi connectivity index (χ2n) is 9.60. The van der Waals surface area contributed by atoms with E-state index in [1.54, 1.807) is 48.5 Å². The first kappa shape index (κ1) is 30.1. The van der Waals surface area contributed by atoms with Crippen molar-refractivity contribution in [1.29, 1.82) is 0 Å². The molecule has 37 heavy (non-hydrogen) atoms. The van der Waals surface area contributed by atoms with Crippen LogP contribution in [0.4, 0.5) is 0 Å². The molecule has 1 atom stereocenters. The second kappa shape index (κ2) is 17.3. The number of benzene rings is 2. The zero-order valence-electron chi connectivity index (χ0n) is 22.6. The van der Waals surface area contributed by atoms with Gasteiger partial charge in [-0.1, -0.05) is 78.6 Å². The minimum absolute atomic E-state index is 0.263. The van der Waals surface area contributed by atoms with Gasteiger partial charge >= 0.3 is 17.9 Å². The van der Waals surface area contributed by atoms with Crippen LogP contribution in [0.3, 0.4) is 0 Å². The van der Waals surface area contributed by atoms with Gasteiger partial charge in [0, 0.05) is 6.42 Å². The molecule has 0 fully saturated rings. The van der Waals surface area contributed by atoms with Gasteiger partial charge in [-0.3, -0.25) is 4.79 Å². The molecule has 0 saturated heterocycles. The van der Waals surface area contributed by atoms with Crippen molar-refractivity contribution in [3.05, 3.63) is 59.7 Å². The van der Waals surface area contributed by atoms with Crippen LogP contribution in [0.5, 0.6) is 11.5 Å². The molecule has 2 aromatic rings. The second-order valence-corrected chi connectivity index (χ2v) is 9.60. The van der Waals surface area contributed by atoms with Crippen LogP contribution in [0.2, 0.25) is 0 Å². The molecule has 202 valence electrons. The Balaban J connectivity index is 1.70. The van der Waals surface area contributed by atoms with Crippen molar-refractivity contribution >= 4 is 17.9 Å². The van der Waals surface area contributed by atoms with E-state index in [1.165, 1.54) is 38.5 Å². The molecule has 0 aliphatic carbocycles. The first-order valence-corrected chi connectivity index (χ1v) is 13.7. The van der Waals surface area contributed by atoms with Crippen LogP contribution >= 0.6 is 0 Å². The van der Waals surface area contributed by atoms with Gasteiger partial charge in [-0.15, -0.1) is 0 Å². The highest BCUT2D eigenvalue weighted by Gasteiger charge is 2.13. The van der Waals surface area contributed by atoms with E-state index in [0.717, 1.165) is 25.7 Å². The molecule has 0 aromatic heterocycles. The summed E-state index contributed by atoms with van der Waals surface area (Å²) < 4.78 is 16.0. The van der Waals surface area contributed by atoms with E-state index in [9.17, 15) is 14.4 Å². The molecule has 0 N–H and O–H groups in total. The van der Waals surface area contributed by atoms with E-state index in [4.69, 9.17) is 14.2 Å². The number of unbranched alkanes of at least 4 members (excludes halogenated alkanes) is 8. The van der Waals surface area contributed by atoms with Gasteiger partial charge in [-0.25, -0.2) is 9.59 Å². The summed E-state index contributed by atoms with van der Waals surface area (Å²) in [6.07, 6.45) is 12.1. The number of rotatable bonds is 17. The number of hydrogen-bond donors (Lipinski definition) is 0. The predicted octanol–water partition coefficient (Wildman–Crippen LogP) is 7.94. The molecule has 2 aromatic carbocycles. The molecule has 0 amide bonds. The van der Waals surface area contributed by atoms with Crippen molar-refractivity contribution in [3.8, 4) is 11.5 Å². The van der Waals surface area contributed by atoms with Gasteiger partial charge in [0.2, 0.25) is 0 Å². The van der Waals surface area contributed by atoms with E-state index in [-0.39, 0.29) is 5.97 Å². The molecular weight excluding hydrogens is 468 g/mol. The average Bonchev–Trinajstić information content (AvgIpc) is 2.91. The summed E-state index contributed by atoms with van der Waals surface area (Å²) in [5.41, 5.74) is 0.729. The van der Waals surface area contributed by atoms with Gasteiger partial charge in [0.05, 0.1) is 17.7 Å². The fraction of sp³-hybridized carbons (Fsp3) is 0.516. The maximum Gasteiger partial charge on any atom is 0.343 e. The Bertz CT molecular complexity index is 949. The van der Waals surface area contributed by atoms with Gasteiger partial charge in [0.1, 0.15) is 11.5 Å². The smallest absolute Gasteiger partial charge is 0.343 e. The van der Waals surface area contributed by atoms with Crippen LogP contribution in [-0.4, -0.2) is 24.5 Å². The quantitative estimate of drug-likeness (QED) is 0.122. The zero-order valence-corrected chi connectivity index (χ0v) is 22.6. The minimum Gasteiger partial charge on any atom is -0.462 e. The van der Waals surface area contributed by atoms with Crippen molar-refractivity contribution in [2.24, 2.45) is 5.92 Å². The highest BCUT2D eigenvalue weighted by molar-refractivity contribution is 5.92. The summed E-state index contributed by atoms with van der Waals surface area (Å²) in [5.74, 6) is -0.182. The molecule has 0 bridgehead atoms. The third-order valence-corrected chi connectivity index (χ3v) is 6.30. The number of ether oxygens (including phenoxy) is 3. The fourth-order valence-corrected chi connectivity index (χ4v) is 3.67. The maximum absolute atomic E-state index is 12.5. The summed E-state index contributed by atoms with van der Waals surface area (Å²) in [5, 5.41) is 0.